The quantitative estimate of drug-likeness (QED) is 0.126. The highest BCUT2D eigenvalue weighted by Gasteiger charge is 1.98. The van der Waals surface area contributed by atoms with Gasteiger partial charge in [0.05, 0.1) is 0 Å². The molecule has 0 bridgehead atoms. The Morgan fingerprint density at radius 2 is 0.826 bits per heavy atom. The van der Waals surface area contributed by atoms with Gasteiger partial charge in [-0.1, -0.05) is 96.0 Å². The maximum atomic E-state index is 10.2. The van der Waals surface area contributed by atoms with Crippen LogP contribution in [0.15, 0.2) is 12.7 Å². The highest BCUT2D eigenvalue weighted by Crippen LogP contribution is 2.14. The van der Waals surface area contributed by atoms with Crippen molar-refractivity contribution >= 4 is 11.7 Å². The van der Waals surface area contributed by atoms with Crippen LogP contribution in [0, 0.1) is 0 Å². The summed E-state index contributed by atoms with van der Waals surface area (Å²) in [4.78, 5) is 0. The molecule has 0 amide bonds. The molecule has 0 aliphatic heterocycles. The SMILES string of the molecule is C=CCCCCCCCCCCCCCCCCCCC[S+]=O. The second-order valence-corrected chi connectivity index (χ2v) is 7.55. The number of hydrogen-bond donors (Lipinski definition) is 0. The molecule has 0 spiro atoms. The highest BCUT2D eigenvalue weighted by atomic mass is 32.1. The smallest absolute Gasteiger partial charge is 0.103 e. The van der Waals surface area contributed by atoms with Crippen LogP contribution in [0.1, 0.15) is 116 Å². The van der Waals surface area contributed by atoms with Crippen LogP contribution in [-0.2, 0) is 15.9 Å². The van der Waals surface area contributed by atoms with Crippen molar-refractivity contribution in [3.8, 4) is 0 Å². The topological polar surface area (TPSA) is 17.1 Å². The van der Waals surface area contributed by atoms with E-state index in [2.05, 4.69) is 6.58 Å². The van der Waals surface area contributed by atoms with Gasteiger partial charge in [-0.15, -0.1) is 6.58 Å². The molecule has 0 aromatic heterocycles. The molecule has 0 N–H and O–H groups in total. The Morgan fingerprint density at radius 1 is 0.522 bits per heavy atom. The van der Waals surface area contributed by atoms with Crippen LogP contribution in [0.3, 0.4) is 0 Å². The maximum Gasteiger partial charge on any atom is 0.458 e. The third-order valence-electron chi connectivity index (χ3n) is 4.64. The molecule has 1 nitrogen and oxygen atoms in total. The fourth-order valence-electron chi connectivity index (χ4n) is 3.10. The zero-order chi connectivity index (χ0) is 16.8. The molecule has 0 unspecified atom stereocenters. The lowest BCUT2D eigenvalue weighted by molar-refractivity contribution is 0.527. The van der Waals surface area contributed by atoms with Gasteiger partial charge in [-0.05, 0) is 19.3 Å². The number of rotatable bonds is 20. The van der Waals surface area contributed by atoms with Gasteiger partial charge in [0.25, 0.3) is 0 Å². The summed E-state index contributed by atoms with van der Waals surface area (Å²) in [7, 11) is 0. The number of unbranched alkanes of at least 4 members (excludes halogenated alkanes) is 17. The molecule has 0 aromatic rings. The third kappa shape index (κ3) is 21.8. The van der Waals surface area contributed by atoms with Crippen LogP contribution in [0.5, 0.6) is 0 Å². The molecular weight excluding hydrogens is 300 g/mol. The average molecular weight is 342 g/mol. The first-order valence-corrected chi connectivity index (χ1v) is 11.2. The largest absolute Gasteiger partial charge is 0.458 e. The van der Waals surface area contributed by atoms with Gasteiger partial charge >= 0.3 is 11.7 Å². The second kappa shape index (κ2) is 21.8. The van der Waals surface area contributed by atoms with Crippen molar-refractivity contribution < 1.29 is 4.21 Å². The molecule has 0 saturated heterocycles. The minimum Gasteiger partial charge on any atom is -0.103 e. The average Bonchev–Trinajstić information content (AvgIpc) is 2.57. The molecule has 2 heteroatoms. The number of hydrogen-bond acceptors (Lipinski definition) is 1. The van der Waals surface area contributed by atoms with Gasteiger partial charge in [-0.3, -0.25) is 0 Å². The van der Waals surface area contributed by atoms with Gasteiger partial charge in [0, 0.05) is 10.6 Å². The lowest BCUT2D eigenvalue weighted by Gasteiger charge is -2.03. The molecule has 136 valence electrons. The van der Waals surface area contributed by atoms with Crippen LogP contribution >= 0.6 is 0 Å². The Morgan fingerprint density at radius 3 is 1.13 bits per heavy atom. The van der Waals surface area contributed by atoms with Crippen LogP contribution in [0.4, 0.5) is 0 Å². The van der Waals surface area contributed by atoms with Crippen molar-refractivity contribution in [2.45, 2.75) is 116 Å². The lowest BCUT2D eigenvalue weighted by atomic mass is 10.0. The van der Waals surface area contributed by atoms with Gasteiger partial charge in [0.1, 0.15) is 0 Å². The summed E-state index contributed by atoms with van der Waals surface area (Å²) < 4.78 is 10.2. The van der Waals surface area contributed by atoms with E-state index in [1.165, 1.54) is 109 Å². The minimum absolute atomic E-state index is 0.738. The van der Waals surface area contributed by atoms with E-state index in [0.717, 1.165) is 23.8 Å². The molecule has 0 heterocycles. The van der Waals surface area contributed by atoms with Crippen molar-refractivity contribution in [2.75, 3.05) is 5.75 Å². The van der Waals surface area contributed by atoms with E-state index >= 15 is 0 Å². The van der Waals surface area contributed by atoms with E-state index < -0.39 is 0 Å². The van der Waals surface area contributed by atoms with Crippen LogP contribution in [-0.4, -0.2) is 5.75 Å². The minimum atomic E-state index is 0.738. The molecule has 0 aliphatic rings. The Kier molecular flexibility index (Phi) is 21.5. The summed E-state index contributed by atoms with van der Waals surface area (Å²) in [5, 5.41) is 0. The fourth-order valence-corrected chi connectivity index (χ4v) is 3.42. The highest BCUT2D eigenvalue weighted by molar-refractivity contribution is 7.65. The zero-order valence-electron chi connectivity index (χ0n) is 15.5. The number of allylic oxidation sites excluding steroid dienone is 1. The Bertz CT molecular complexity index is 216. The van der Waals surface area contributed by atoms with Gasteiger partial charge in [-0.2, -0.15) is 0 Å². The summed E-state index contributed by atoms with van der Waals surface area (Å²) in [6.07, 6.45) is 26.8. The van der Waals surface area contributed by atoms with E-state index in [9.17, 15) is 4.21 Å². The predicted octanol–water partition coefficient (Wildman–Crippen LogP) is 7.62. The van der Waals surface area contributed by atoms with Crippen LogP contribution in [0.25, 0.3) is 0 Å². The first-order chi connectivity index (χ1) is 11.4. The molecule has 23 heavy (non-hydrogen) atoms. The summed E-state index contributed by atoms with van der Waals surface area (Å²) in [5.74, 6) is 0.801. The molecule has 0 saturated carbocycles. The molecule has 0 fully saturated rings. The normalized spacial score (nSPS) is 10.8. The molecular formula is C21H41OS+. The van der Waals surface area contributed by atoms with Crippen LogP contribution < -0.4 is 0 Å². The van der Waals surface area contributed by atoms with E-state index in [1.54, 1.807) is 0 Å². The Hall–Kier alpha value is -0.240. The Labute approximate surface area is 150 Å². The van der Waals surface area contributed by atoms with Crippen molar-refractivity contribution in [1.82, 2.24) is 0 Å². The zero-order valence-corrected chi connectivity index (χ0v) is 16.4. The van der Waals surface area contributed by atoms with Gasteiger partial charge in [0.15, 0.2) is 0 Å². The molecule has 0 aromatic carbocycles. The summed E-state index contributed by atoms with van der Waals surface area (Å²) in [5.41, 5.74) is 0. The summed E-state index contributed by atoms with van der Waals surface area (Å²) in [6, 6.07) is 0. The van der Waals surface area contributed by atoms with Crippen molar-refractivity contribution in [3.05, 3.63) is 12.7 Å². The monoisotopic (exact) mass is 341 g/mol. The van der Waals surface area contributed by atoms with Gasteiger partial charge < -0.3 is 0 Å². The van der Waals surface area contributed by atoms with E-state index in [1.807, 2.05) is 6.08 Å². The third-order valence-corrected chi connectivity index (χ3v) is 5.09. The molecule has 0 radical (unpaired) electrons. The first kappa shape index (κ1) is 22.8. The molecule has 0 atom stereocenters. The molecule has 0 aliphatic carbocycles. The first-order valence-electron chi connectivity index (χ1n) is 10.3. The predicted molar refractivity (Wildman–Crippen MR) is 106 cm³/mol. The maximum absolute atomic E-state index is 10.2. The van der Waals surface area contributed by atoms with Gasteiger partial charge in [0.2, 0.25) is 5.75 Å². The standard InChI is InChI=1S/C21H41OS/c1-2-3-4-5-6-7-8-9-10-11-12-13-14-15-16-17-18-19-20-21-23-22/h2H,1,3-21H2/q+1. The van der Waals surface area contributed by atoms with Crippen molar-refractivity contribution in [1.29, 1.82) is 0 Å². The van der Waals surface area contributed by atoms with Crippen LogP contribution in [0.2, 0.25) is 0 Å². The van der Waals surface area contributed by atoms with E-state index in [4.69, 9.17) is 0 Å². The summed E-state index contributed by atoms with van der Waals surface area (Å²) >= 11 is 0.738. The molecule has 0 rings (SSSR count). The van der Waals surface area contributed by atoms with E-state index in [-0.39, 0.29) is 0 Å². The van der Waals surface area contributed by atoms with Crippen molar-refractivity contribution in [3.63, 3.8) is 0 Å². The fraction of sp³-hybridized carbons (Fsp3) is 0.905. The van der Waals surface area contributed by atoms with Crippen molar-refractivity contribution in [2.24, 2.45) is 0 Å². The lowest BCUT2D eigenvalue weighted by Crippen LogP contribution is -1.85. The second-order valence-electron chi connectivity index (χ2n) is 6.91. The summed E-state index contributed by atoms with van der Waals surface area (Å²) in [6.45, 7) is 3.77. The Balaban J connectivity index is 2.94. The van der Waals surface area contributed by atoms with Gasteiger partial charge in [-0.25, -0.2) is 0 Å². The van der Waals surface area contributed by atoms with E-state index in [0.29, 0.717) is 0 Å².